The van der Waals surface area contributed by atoms with Crippen LogP contribution in [-0.4, -0.2) is 73.9 Å². The molecule has 1 fully saturated rings. The van der Waals surface area contributed by atoms with Gasteiger partial charge in [0.2, 0.25) is 0 Å². The summed E-state index contributed by atoms with van der Waals surface area (Å²) in [6.45, 7) is 3.58. The Bertz CT molecular complexity index is 1150. The second kappa shape index (κ2) is 12.1. The minimum absolute atomic E-state index is 0.0266. The minimum atomic E-state index is -0.526. The predicted octanol–water partition coefficient (Wildman–Crippen LogP) is 2.24. The summed E-state index contributed by atoms with van der Waals surface area (Å²) < 4.78 is 30.9. The number of ether oxygens (including phenoxy) is 3. The minimum Gasteiger partial charge on any atom is -0.492 e. The van der Waals surface area contributed by atoms with Gasteiger partial charge in [-0.05, 0) is 25.2 Å². The maximum Gasteiger partial charge on any atom is 0.256 e. The predicted molar refractivity (Wildman–Crippen MR) is 138 cm³/mol. The van der Waals surface area contributed by atoms with E-state index in [4.69, 9.17) is 26.4 Å². The van der Waals surface area contributed by atoms with Crippen LogP contribution in [-0.2, 0) is 16.1 Å². The summed E-state index contributed by atoms with van der Waals surface area (Å²) in [4.78, 5) is 19.3. The second-order valence-electron chi connectivity index (χ2n) is 8.49. The number of amides is 1. The maximum atomic E-state index is 14.1. The lowest BCUT2D eigenvalue weighted by Crippen LogP contribution is -2.46. The Hall–Kier alpha value is -3.28. The Kier molecular flexibility index (Phi) is 8.68. The van der Waals surface area contributed by atoms with E-state index in [0.717, 1.165) is 18.7 Å². The topological polar surface area (TPSA) is 97.0 Å². The first kappa shape index (κ1) is 25.8. The fourth-order valence-electron chi connectivity index (χ4n) is 4.05. The number of hydrogen-bond donors (Lipinski definition) is 3. The fourth-order valence-corrected chi connectivity index (χ4v) is 4.38. The van der Waals surface area contributed by atoms with Gasteiger partial charge in [-0.3, -0.25) is 14.7 Å². The van der Waals surface area contributed by atoms with Gasteiger partial charge < -0.3 is 30.2 Å². The number of carbonyl (C=O) groups is 1. The van der Waals surface area contributed by atoms with Gasteiger partial charge in [0.15, 0.2) is 11.6 Å². The molecule has 0 aliphatic carbocycles. The van der Waals surface area contributed by atoms with E-state index in [-0.39, 0.29) is 22.7 Å². The molecule has 36 heavy (non-hydrogen) atoms. The summed E-state index contributed by atoms with van der Waals surface area (Å²) in [6, 6.07) is 6.51. The number of nitrogens with zero attached hydrogens (tertiary/aromatic N) is 2. The van der Waals surface area contributed by atoms with Crippen molar-refractivity contribution in [3.63, 3.8) is 0 Å². The van der Waals surface area contributed by atoms with Gasteiger partial charge in [-0.1, -0.05) is 18.3 Å². The lowest BCUT2D eigenvalue weighted by molar-refractivity contribution is -0.117. The molecule has 0 bridgehead atoms. The molecule has 0 spiro atoms. The third-order valence-electron chi connectivity index (χ3n) is 6.15. The Morgan fingerprint density at radius 2 is 2.25 bits per heavy atom. The number of benzene rings is 1. The van der Waals surface area contributed by atoms with E-state index in [1.165, 1.54) is 13.2 Å². The summed E-state index contributed by atoms with van der Waals surface area (Å²) in [5.41, 5.74) is 2.23. The Morgan fingerprint density at radius 3 is 3.06 bits per heavy atom. The molecule has 1 atom stereocenters. The highest BCUT2D eigenvalue weighted by atomic mass is 32.1. The average molecular weight is 516 g/mol. The zero-order valence-electron chi connectivity index (χ0n) is 20.3. The molecule has 11 heteroatoms. The average Bonchev–Trinajstić information content (AvgIpc) is 2.87. The summed E-state index contributed by atoms with van der Waals surface area (Å²) >= 11 is 5.54. The summed E-state index contributed by atoms with van der Waals surface area (Å²) in [6.07, 6.45) is 3.95. The molecule has 3 heterocycles. The molecule has 2 aromatic rings. The molecule has 1 unspecified atom stereocenters. The zero-order valence-corrected chi connectivity index (χ0v) is 21.1. The van der Waals surface area contributed by atoms with E-state index in [2.05, 4.69) is 32.9 Å². The number of halogens is 1. The second-order valence-corrected chi connectivity index (χ2v) is 8.90. The molecule has 1 amide bonds. The quantitative estimate of drug-likeness (QED) is 0.435. The molecule has 192 valence electrons. The number of nitrogens with one attached hydrogen (secondary N) is 3. The number of anilines is 1. The van der Waals surface area contributed by atoms with Crippen LogP contribution in [0.15, 0.2) is 47.9 Å². The van der Waals surface area contributed by atoms with E-state index in [9.17, 15) is 9.18 Å². The Balaban J connectivity index is 1.48. The van der Waals surface area contributed by atoms with Gasteiger partial charge in [0.25, 0.3) is 5.91 Å². The third-order valence-corrected chi connectivity index (χ3v) is 6.46. The van der Waals surface area contributed by atoms with Crippen LogP contribution in [0.4, 0.5) is 10.1 Å². The van der Waals surface area contributed by atoms with E-state index in [1.807, 2.05) is 6.07 Å². The van der Waals surface area contributed by atoms with Crippen molar-refractivity contribution < 1.29 is 23.4 Å². The smallest absolute Gasteiger partial charge is 0.256 e. The Morgan fingerprint density at radius 1 is 1.39 bits per heavy atom. The largest absolute Gasteiger partial charge is 0.492 e. The molecule has 9 nitrogen and oxygen atoms in total. The molecule has 0 saturated carbocycles. The number of aromatic nitrogens is 1. The van der Waals surface area contributed by atoms with Gasteiger partial charge in [-0.25, -0.2) is 4.39 Å². The van der Waals surface area contributed by atoms with Crippen molar-refractivity contribution in [3.05, 3.63) is 59.3 Å². The van der Waals surface area contributed by atoms with Crippen LogP contribution in [0, 0.1) is 5.82 Å². The highest BCUT2D eigenvalue weighted by Gasteiger charge is 2.25. The number of carbonyl (C=O) groups excluding carboxylic acids is 1. The molecule has 1 aromatic carbocycles. The monoisotopic (exact) mass is 515 g/mol. The molecule has 3 N–H and O–H groups in total. The van der Waals surface area contributed by atoms with Crippen LogP contribution in [0.5, 0.6) is 11.5 Å². The van der Waals surface area contributed by atoms with Gasteiger partial charge in [-0.2, -0.15) is 0 Å². The third kappa shape index (κ3) is 6.10. The van der Waals surface area contributed by atoms with Crippen molar-refractivity contribution in [1.82, 2.24) is 20.5 Å². The molecular formula is C25H30FN5O4S. The highest BCUT2D eigenvalue weighted by Crippen LogP contribution is 2.28. The van der Waals surface area contributed by atoms with Crippen LogP contribution in [0.3, 0.4) is 0 Å². The van der Waals surface area contributed by atoms with Crippen molar-refractivity contribution >= 4 is 28.8 Å². The van der Waals surface area contributed by atoms with Gasteiger partial charge in [-0.15, -0.1) is 0 Å². The maximum absolute atomic E-state index is 14.1. The van der Waals surface area contributed by atoms with Crippen LogP contribution < -0.4 is 25.4 Å². The SMILES string of the molecule is COc1c(F)cccc1NC(=S)C1=C(NCc2ccncc2OCC2COCCN2C)CCNC1=O. The van der Waals surface area contributed by atoms with E-state index >= 15 is 0 Å². The lowest BCUT2D eigenvalue weighted by atomic mass is 10.1. The van der Waals surface area contributed by atoms with Crippen molar-refractivity contribution in [2.75, 3.05) is 52.4 Å². The molecule has 2 aliphatic rings. The number of rotatable bonds is 9. The number of thiocarbonyl (C=S) groups is 1. The molecule has 1 aromatic heterocycles. The van der Waals surface area contributed by atoms with Crippen LogP contribution in [0.1, 0.15) is 12.0 Å². The number of likely N-dealkylation sites (N-methyl/N-ethyl adjacent to an activating group) is 1. The number of hydrogen-bond acceptors (Lipinski definition) is 8. The van der Waals surface area contributed by atoms with Gasteiger partial charge in [0.05, 0.1) is 43.8 Å². The van der Waals surface area contributed by atoms with E-state index in [1.54, 1.807) is 24.5 Å². The van der Waals surface area contributed by atoms with Crippen molar-refractivity contribution in [2.24, 2.45) is 0 Å². The first-order chi connectivity index (χ1) is 17.5. The van der Waals surface area contributed by atoms with Crippen LogP contribution in [0.25, 0.3) is 0 Å². The summed E-state index contributed by atoms with van der Waals surface area (Å²) in [7, 11) is 3.43. The van der Waals surface area contributed by atoms with Crippen molar-refractivity contribution in [3.8, 4) is 11.5 Å². The molecule has 4 rings (SSSR count). The molecular weight excluding hydrogens is 485 g/mol. The first-order valence-electron chi connectivity index (χ1n) is 11.7. The number of pyridine rings is 1. The lowest BCUT2D eigenvalue weighted by Gasteiger charge is -2.32. The zero-order chi connectivity index (χ0) is 25.5. The molecule has 0 radical (unpaired) electrons. The normalized spacial score (nSPS) is 18.4. The van der Waals surface area contributed by atoms with E-state index < -0.39 is 5.82 Å². The van der Waals surface area contributed by atoms with Gasteiger partial charge in [0, 0.05) is 43.5 Å². The summed E-state index contributed by atoms with van der Waals surface area (Å²) in [5, 5.41) is 9.13. The summed E-state index contributed by atoms with van der Waals surface area (Å²) in [5.74, 6) is -0.138. The molecule has 2 aliphatic heterocycles. The number of methoxy groups -OCH3 is 1. The highest BCUT2D eigenvalue weighted by molar-refractivity contribution is 7.81. The van der Waals surface area contributed by atoms with E-state index in [0.29, 0.717) is 55.4 Å². The van der Waals surface area contributed by atoms with Gasteiger partial charge in [0.1, 0.15) is 17.3 Å². The van der Waals surface area contributed by atoms with Crippen LogP contribution in [0.2, 0.25) is 0 Å². The van der Waals surface area contributed by atoms with Crippen LogP contribution >= 0.6 is 12.2 Å². The fraction of sp³-hybridized carbons (Fsp3) is 0.400. The standard InChI is InChI=1S/C25H30FN5O4S/c1-31-10-11-34-14-17(31)15-35-21-13-27-8-6-16(21)12-29-19-7-9-28-24(32)22(19)25(36)30-20-5-3-4-18(26)23(20)33-2/h3-6,8,13,17,29H,7,9-12,14-15H2,1-2H3,(H,28,32)(H,30,36). The molecule has 1 saturated heterocycles. The number of para-hydroxylation sites is 1. The van der Waals surface area contributed by atoms with Crippen molar-refractivity contribution in [2.45, 2.75) is 19.0 Å². The Labute approximate surface area is 215 Å². The first-order valence-corrected chi connectivity index (χ1v) is 12.1. The van der Waals surface area contributed by atoms with Crippen molar-refractivity contribution in [1.29, 1.82) is 0 Å². The van der Waals surface area contributed by atoms with Gasteiger partial charge >= 0.3 is 0 Å². The number of morpholine rings is 1.